The van der Waals surface area contributed by atoms with Gasteiger partial charge >= 0.3 is 0 Å². The molecule has 0 fully saturated rings. The predicted molar refractivity (Wildman–Crippen MR) is 117 cm³/mol. The fourth-order valence-corrected chi connectivity index (χ4v) is 3.46. The van der Waals surface area contributed by atoms with Crippen molar-refractivity contribution in [3.8, 4) is 11.3 Å². The lowest BCUT2D eigenvalue weighted by Crippen LogP contribution is -2.13. The Balaban J connectivity index is 1.53. The van der Waals surface area contributed by atoms with Gasteiger partial charge in [-0.05, 0) is 31.5 Å². The van der Waals surface area contributed by atoms with E-state index in [4.69, 9.17) is 27.7 Å². The Hall–Kier alpha value is -3.09. The molecule has 0 aliphatic heterocycles. The molecule has 30 heavy (non-hydrogen) atoms. The molecule has 2 aromatic heterocycles. The van der Waals surface area contributed by atoms with Crippen molar-refractivity contribution in [2.24, 2.45) is 0 Å². The zero-order chi connectivity index (χ0) is 21.3. The summed E-state index contributed by atoms with van der Waals surface area (Å²) in [6, 6.07) is 16.6. The summed E-state index contributed by atoms with van der Waals surface area (Å²) >= 11 is 12.1. The van der Waals surface area contributed by atoms with Gasteiger partial charge in [-0.3, -0.25) is 9.48 Å². The largest absolute Gasteiger partial charge is 0.355 e. The molecular formula is C22H18Cl2N4O2. The van der Waals surface area contributed by atoms with Crippen molar-refractivity contribution in [3.63, 3.8) is 0 Å². The van der Waals surface area contributed by atoms with Crippen molar-refractivity contribution in [1.29, 1.82) is 0 Å². The number of halogens is 2. The van der Waals surface area contributed by atoms with Crippen molar-refractivity contribution in [3.05, 3.63) is 87.3 Å². The quantitative estimate of drug-likeness (QED) is 0.427. The second-order valence-electron chi connectivity index (χ2n) is 6.85. The van der Waals surface area contributed by atoms with E-state index in [1.54, 1.807) is 18.2 Å². The van der Waals surface area contributed by atoms with E-state index >= 15 is 0 Å². The molecule has 0 aliphatic carbocycles. The molecule has 4 rings (SSSR count). The lowest BCUT2D eigenvalue weighted by molar-refractivity contribution is 0.101. The first kappa shape index (κ1) is 20.2. The van der Waals surface area contributed by atoms with Gasteiger partial charge in [0.2, 0.25) is 0 Å². The van der Waals surface area contributed by atoms with Crippen LogP contribution in [0.3, 0.4) is 0 Å². The second-order valence-corrected chi connectivity index (χ2v) is 7.66. The molecule has 0 bridgehead atoms. The number of nitrogens with one attached hydrogen (secondary N) is 1. The van der Waals surface area contributed by atoms with Crippen molar-refractivity contribution < 1.29 is 9.32 Å². The highest BCUT2D eigenvalue weighted by molar-refractivity contribution is 6.42. The highest BCUT2D eigenvalue weighted by Gasteiger charge is 2.19. The van der Waals surface area contributed by atoms with Crippen LogP contribution in [0, 0.1) is 13.8 Å². The van der Waals surface area contributed by atoms with Crippen molar-refractivity contribution in [2.75, 3.05) is 5.32 Å². The summed E-state index contributed by atoms with van der Waals surface area (Å²) in [6.07, 6.45) is 0. The fourth-order valence-electron chi connectivity index (χ4n) is 3.14. The summed E-state index contributed by atoms with van der Waals surface area (Å²) in [5, 5.41) is 12.3. The van der Waals surface area contributed by atoms with E-state index in [0.717, 1.165) is 16.8 Å². The van der Waals surface area contributed by atoms with Crippen LogP contribution in [-0.2, 0) is 6.54 Å². The van der Waals surface area contributed by atoms with Crippen LogP contribution in [0.25, 0.3) is 11.3 Å². The number of aryl methyl sites for hydroxylation is 1. The number of anilines is 1. The van der Waals surface area contributed by atoms with Crippen LogP contribution in [0.5, 0.6) is 0 Å². The van der Waals surface area contributed by atoms with E-state index in [1.165, 1.54) is 0 Å². The van der Waals surface area contributed by atoms with Gasteiger partial charge in [-0.15, -0.1) is 0 Å². The van der Waals surface area contributed by atoms with Gasteiger partial charge in [0.15, 0.2) is 11.5 Å². The van der Waals surface area contributed by atoms with Crippen molar-refractivity contribution in [1.82, 2.24) is 14.9 Å². The Morgan fingerprint density at radius 1 is 1.07 bits per heavy atom. The maximum Gasteiger partial charge on any atom is 0.277 e. The maximum atomic E-state index is 12.7. The van der Waals surface area contributed by atoms with Gasteiger partial charge in [0.1, 0.15) is 0 Å². The Labute approximate surface area is 183 Å². The molecule has 0 atom stereocenters. The lowest BCUT2D eigenvalue weighted by atomic mass is 10.1. The van der Waals surface area contributed by atoms with Crippen molar-refractivity contribution >= 4 is 34.8 Å². The second kappa shape index (κ2) is 8.34. The van der Waals surface area contributed by atoms with E-state index in [2.05, 4.69) is 15.6 Å². The van der Waals surface area contributed by atoms with E-state index in [9.17, 15) is 4.79 Å². The number of carbonyl (C=O) groups is 1. The molecule has 1 amide bonds. The number of rotatable bonds is 5. The number of nitrogens with zero attached hydrogens (tertiary/aromatic N) is 3. The van der Waals surface area contributed by atoms with Crippen LogP contribution in [-0.4, -0.2) is 20.8 Å². The molecule has 0 radical (unpaired) electrons. The van der Waals surface area contributed by atoms with Gasteiger partial charge in [-0.1, -0.05) is 64.8 Å². The zero-order valence-corrected chi connectivity index (χ0v) is 17.8. The minimum atomic E-state index is -0.360. The first-order valence-corrected chi connectivity index (χ1v) is 9.99. The zero-order valence-electron chi connectivity index (χ0n) is 16.3. The molecule has 0 aliphatic rings. The highest BCUT2D eigenvalue weighted by atomic mass is 35.5. The molecule has 0 saturated carbocycles. The average Bonchev–Trinajstić information content (AvgIpc) is 3.33. The fraction of sp³-hybridized carbons (Fsp3) is 0.136. The molecule has 2 heterocycles. The SMILES string of the molecule is Cc1nn(Cc2ccc(Cl)c(Cl)c2)c(C)c1NC(=O)c1cc(-c2ccccc2)on1. The Morgan fingerprint density at radius 2 is 1.83 bits per heavy atom. The van der Waals surface area contributed by atoms with Gasteiger partial charge in [0.25, 0.3) is 5.91 Å². The molecule has 0 unspecified atom stereocenters. The Morgan fingerprint density at radius 3 is 2.57 bits per heavy atom. The number of hydrogen-bond acceptors (Lipinski definition) is 4. The minimum absolute atomic E-state index is 0.199. The molecule has 6 nitrogen and oxygen atoms in total. The summed E-state index contributed by atoms with van der Waals surface area (Å²) in [5.41, 5.74) is 4.17. The molecule has 0 spiro atoms. The summed E-state index contributed by atoms with van der Waals surface area (Å²) in [5.74, 6) is 0.172. The van der Waals surface area contributed by atoms with E-state index < -0.39 is 0 Å². The predicted octanol–water partition coefficient (Wildman–Crippen LogP) is 5.76. The standard InChI is InChI=1S/C22H18Cl2N4O2/c1-13-21(14(2)28(26-13)12-15-8-9-17(23)18(24)10-15)25-22(29)19-11-20(30-27-19)16-6-4-3-5-7-16/h3-11H,12H2,1-2H3,(H,25,29). The third-order valence-corrected chi connectivity index (χ3v) is 5.48. The summed E-state index contributed by atoms with van der Waals surface area (Å²) in [7, 11) is 0. The van der Waals surface area contributed by atoms with E-state index in [-0.39, 0.29) is 11.6 Å². The first-order valence-electron chi connectivity index (χ1n) is 9.24. The summed E-state index contributed by atoms with van der Waals surface area (Å²) < 4.78 is 7.13. The third kappa shape index (κ3) is 4.10. The van der Waals surface area contributed by atoms with Crippen LogP contribution in [0.4, 0.5) is 5.69 Å². The van der Waals surface area contributed by atoms with Crippen LogP contribution >= 0.6 is 23.2 Å². The maximum absolute atomic E-state index is 12.7. The highest BCUT2D eigenvalue weighted by Crippen LogP contribution is 2.26. The molecule has 8 heteroatoms. The van der Waals surface area contributed by atoms with Crippen molar-refractivity contribution in [2.45, 2.75) is 20.4 Å². The number of hydrogen-bond donors (Lipinski definition) is 1. The van der Waals surface area contributed by atoms with Crippen LogP contribution in [0.15, 0.2) is 59.1 Å². The topological polar surface area (TPSA) is 73.0 Å². The van der Waals surface area contributed by atoms with Gasteiger partial charge < -0.3 is 9.84 Å². The first-order chi connectivity index (χ1) is 14.4. The van der Waals surface area contributed by atoms with Crippen LogP contribution < -0.4 is 5.32 Å². The van der Waals surface area contributed by atoms with Gasteiger partial charge in [0.05, 0.1) is 33.7 Å². The Kier molecular flexibility index (Phi) is 5.61. The number of carbonyl (C=O) groups excluding carboxylic acids is 1. The Bertz CT molecular complexity index is 1220. The molecular weight excluding hydrogens is 423 g/mol. The average molecular weight is 441 g/mol. The van der Waals surface area contributed by atoms with Gasteiger partial charge in [-0.25, -0.2) is 0 Å². The summed E-state index contributed by atoms with van der Waals surface area (Å²) in [6.45, 7) is 4.24. The van der Waals surface area contributed by atoms with E-state index in [1.807, 2.05) is 54.9 Å². The number of amides is 1. The smallest absolute Gasteiger partial charge is 0.277 e. The third-order valence-electron chi connectivity index (χ3n) is 4.74. The minimum Gasteiger partial charge on any atom is -0.355 e. The van der Waals surface area contributed by atoms with Gasteiger partial charge in [-0.2, -0.15) is 5.10 Å². The number of aromatic nitrogens is 3. The molecule has 2 aromatic carbocycles. The number of benzene rings is 2. The monoisotopic (exact) mass is 440 g/mol. The summed E-state index contributed by atoms with van der Waals surface area (Å²) in [4.78, 5) is 12.7. The molecule has 1 N–H and O–H groups in total. The molecule has 4 aromatic rings. The molecule has 0 saturated heterocycles. The van der Waals surface area contributed by atoms with E-state index in [0.29, 0.717) is 33.7 Å². The molecule has 152 valence electrons. The van der Waals surface area contributed by atoms with Gasteiger partial charge in [0, 0.05) is 11.6 Å². The van der Waals surface area contributed by atoms with Crippen LogP contribution in [0.1, 0.15) is 27.4 Å². The van der Waals surface area contributed by atoms with Crippen LogP contribution in [0.2, 0.25) is 10.0 Å². The normalized spacial score (nSPS) is 10.9. The lowest BCUT2D eigenvalue weighted by Gasteiger charge is -2.07.